The Kier molecular flexibility index (Phi) is 8.82. The Hall–Kier alpha value is -2.25. The second kappa shape index (κ2) is 11.6. The smallest absolute Gasteiger partial charge is 0.242 e. The number of ether oxygens (including phenoxy) is 1. The van der Waals surface area contributed by atoms with Gasteiger partial charge in [-0.2, -0.15) is 0 Å². The first kappa shape index (κ1) is 24.4. The number of likely N-dealkylation sites (N-methyl/N-ethyl adjacent to an activating group) is 1. The fraction of sp³-hybridized carbons (Fsp3) is 0.640. The van der Waals surface area contributed by atoms with Crippen molar-refractivity contribution in [1.82, 2.24) is 14.7 Å². The number of ketones is 1. The topological polar surface area (TPSA) is 70.2 Å². The molecule has 0 N–H and O–H groups in total. The third-order valence-electron chi connectivity index (χ3n) is 6.36. The molecule has 32 heavy (non-hydrogen) atoms. The van der Waals surface area contributed by atoms with Crippen molar-refractivity contribution in [3.63, 3.8) is 0 Å². The summed E-state index contributed by atoms with van der Waals surface area (Å²) in [5.41, 5.74) is 2.05. The van der Waals surface area contributed by atoms with Crippen LogP contribution in [0.15, 0.2) is 24.3 Å². The van der Waals surface area contributed by atoms with Gasteiger partial charge in [0.15, 0.2) is 5.78 Å². The maximum Gasteiger partial charge on any atom is 0.242 e. The SMILES string of the molecule is CC(C)Cc1ccc(C(=O)C2CCN(CC(=O)N(C)CC(=O)N3CCOCC3)CC2)cc1. The minimum absolute atomic E-state index is 0.0120. The number of amides is 2. The average Bonchev–Trinajstić information content (AvgIpc) is 2.79. The third kappa shape index (κ3) is 6.87. The molecule has 0 saturated carbocycles. The van der Waals surface area contributed by atoms with Crippen LogP contribution in [0, 0.1) is 11.8 Å². The number of rotatable bonds is 8. The second-order valence-corrected chi connectivity index (χ2v) is 9.45. The summed E-state index contributed by atoms with van der Waals surface area (Å²) in [6, 6.07) is 8.04. The van der Waals surface area contributed by atoms with E-state index < -0.39 is 0 Å². The van der Waals surface area contributed by atoms with E-state index in [0.29, 0.717) is 32.2 Å². The highest BCUT2D eigenvalue weighted by Gasteiger charge is 2.28. The van der Waals surface area contributed by atoms with E-state index in [2.05, 4.69) is 30.9 Å². The number of hydrogen-bond donors (Lipinski definition) is 0. The molecule has 0 aromatic heterocycles. The number of piperidine rings is 1. The quantitative estimate of drug-likeness (QED) is 0.576. The van der Waals surface area contributed by atoms with Crippen LogP contribution in [0.4, 0.5) is 0 Å². The second-order valence-electron chi connectivity index (χ2n) is 9.45. The molecule has 0 unspecified atom stereocenters. The zero-order valence-corrected chi connectivity index (χ0v) is 19.7. The van der Waals surface area contributed by atoms with Crippen LogP contribution in [0.2, 0.25) is 0 Å². The van der Waals surface area contributed by atoms with Gasteiger partial charge in [0.2, 0.25) is 11.8 Å². The van der Waals surface area contributed by atoms with Gasteiger partial charge in [0.05, 0.1) is 26.3 Å². The monoisotopic (exact) mass is 443 g/mol. The Balaban J connectivity index is 1.42. The van der Waals surface area contributed by atoms with Crippen molar-refractivity contribution >= 4 is 17.6 Å². The van der Waals surface area contributed by atoms with Gasteiger partial charge in [-0.25, -0.2) is 0 Å². The molecular weight excluding hydrogens is 406 g/mol. The molecule has 1 aromatic rings. The van der Waals surface area contributed by atoms with Crippen molar-refractivity contribution in [3.8, 4) is 0 Å². The Labute approximate surface area is 191 Å². The number of hydrogen-bond acceptors (Lipinski definition) is 5. The minimum Gasteiger partial charge on any atom is -0.378 e. The van der Waals surface area contributed by atoms with Gasteiger partial charge in [-0.1, -0.05) is 38.1 Å². The largest absolute Gasteiger partial charge is 0.378 e. The van der Waals surface area contributed by atoms with Crippen molar-refractivity contribution in [2.45, 2.75) is 33.1 Å². The number of carbonyl (C=O) groups is 3. The van der Waals surface area contributed by atoms with Gasteiger partial charge in [-0.05, 0) is 43.8 Å². The van der Waals surface area contributed by atoms with Crippen LogP contribution in [0.5, 0.6) is 0 Å². The van der Waals surface area contributed by atoms with Crippen LogP contribution in [0.25, 0.3) is 0 Å². The average molecular weight is 444 g/mol. The number of nitrogens with zero attached hydrogens (tertiary/aromatic N) is 3. The number of benzene rings is 1. The predicted octanol–water partition coefficient (Wildman–Crippen LogP) is 2.10. The van der Waals surface area contributed by atoms with Crippen molar-refractivity contribution in [2.24, 2.45) is 11.8 Å². The van der Waals surface area contributed by atoms with Crippen LogP contribution < -0.4 is 0 Å². The predicted molar refractivity (Wildman–Crippen MR) is 124 cm³/mol. The van der Waals surface area contributed by atoms with Crippen LogP contribution >= 0.6 is 0 Å². The lowest BCUT2D eigenvalue weighted by Crippen LogP contribution is -2.48. The molecule has 0 bridgehead atoms. The highest BCUT2D eigenvalue weighted by molar-refractivity contribution is 5.98. The molecular formula is C25H37N3O4. The van der Waals surface area contributed by atoms with Crippen molar-refractivity contribution in [1.29, 1.82) is 0 Å². The molecule has 7 nitrogen and oxygen atoms in total. The molecule has 7 heteroatoms. The summed E-state index contributed by atoms with van der Waals surface area (Å²) in [6.07, 6.45) is 2.54. The van der Waals surface area contributed by atoms with E-state index >= 15 is 0 Å². The van der Waals surface area contributed by atoms with Gasteiger partial charge in [0.25, 0.3) is 0 Å². The van der Waals surface area contributed by atoms with E-state index in [1.807, 2.05) is 12.1 Å². The van der Waals surface area contributed by atoms with E-state index in [1.165, 1.54) is 10.5 Å². The highest BCUT2D eigenvalue weighted by atomic mass is 16.5. The van der Waals surface area contributed by atoms with Gasteiger partial charge in [0.1, 0.15) is 0 Å². The summed E-state index contributed by atoms with van der Waals surface area (Å²) in [5.74, 6) is 0.725. The molecule has 2 heterocycles. The molecule has 0 radical (unpaired) electrons. The number of carbonyl (C=O) groups excluding carboxylic acids is 3. The first-order valence-corrected chi connectivity index (χ1v) is 11.8. The van der Waals surface area contributed by atoms with E-state index in [9.17, 15) is 14.4 Å². The zero-order valence-electron chi connectivity index (χ0n) is 19.7. The molecule has 2 fully saturated rings. The van der Waals surface area contributed by atoms with Crippen LogP contribution in [0.1, 0.15) is 42.6 Å². The Morgan fingerprint density at radius 1 is 1.03 bits per heavy atom. The van der Waals surface area contributed by atoms with Crippen molar-refractivity contribution in [2.75, 3.05) is 59.5 Å². The summed E-state index contributed by atoms with van der Waals surface area (Å²) in [7, 11) is 1.68. The van der Waals surface area contributed by atoms with Crippen LogP contribution in [-0.4, -0.2) is 91.8 Å². The van der Waals surface area contributed by atoms with E-state index in [1.54, 1.807) is 11.9 Å². The van der Waals surface area contributed by atoms with Gasteiger partial charge in [-0.15, -0.1) is 0 Å². The molecule has 1 aromatic carbocycles. The van der Waals surface area contributed by atoms with E-state index in [0.717, 1.165) is 37.9 Å². The summed E-state index contributed by atoms with van der Waals surface area (Å²) in [4.78, 5) is 43.2. The Morgan fingerprint density at radius 2 is 1.66 bits per heavy atom. The summed E-state index contributed by atoms with van der Waals surface area (Å²) >= 11 is 0. The first-order valence-electron chi connectivity index (χ1n) is 11.8. The number of Topliss-reactive ketones (excluding diaryl/α,β-unsaturated/α-hetero) is 1. The lowest BCUT2D eigenvalue weighted by atomic mass is 9.88. The molecule has 2 aliphatic heterocycles. The molecule has 2 saturated heterocycles. The van der Waals surface area contributed by atoms with Gasteiger partial charge in [-0.3, -0.25) is 19.3 Å². The maximum absolute atomic E-state index is 12.9. The van der Waals surface area contributed by atoms with Gasteiger partial charge >= 0.3 is 0 Å². The fourth-order valence-corrected chi connectivity index (χ4v) is 4.38. The molecule has 0 spiro atoms. The molecule has 0 atom stereocenters. The minimum atomic E-state index is -0.0582. The van der Waals surface area contributed by atoms with Crippen molar-refractivity contribution < 1.29 is 19.1 Å². The highest BCUT2D eigenvalue weighted by Crippen LogP contribution is 2.22. The first-order chi connectivity index (χ1) is 15.3. The number of likely N-dealkylation sites (tertiary alicyclic amines) is 1. The fourth-order valence-electron chi connectivity index (χ4n) is 4.38. The molecule has 2 aliphatic rings. The third-order valence-corrected chi connectivity index (χ3v) is 6.36. The lowest BCUT2D eigenvalue weighted by molar-refractivity contribution is -0.142. The van der Waals surface area contributed by atoms with Crippen LogP contribution in [-0.2, 0) is 20.7 Å². The van der Waals surface area contributed by atoms with E-state index in [4.69, 9.17) is 4.74 Å². The zero-order chi connectivity index (χ0) is 23.1. The summed E-state index contributed by atoms with van der Waals surface area (Å²) in [6.45, 7) is 8.49. The number of morpholine rings is 1. The van der Waals surface area contributed by atoms with Crippen molar-refractivity contribution in [3.05, 3.63) is 35.4 Å². The molecule has 2 amide bonds. The summed E-state index contributed by atoms with van der Waals surface area (Å²) in [5, 5.41) is 0. The van der Waals surface area contributed by atoms with Crippen LogP contribution in [0.3, 0.4) is 0 Å². The lowest BCUT2D eigenvalue weighted by Gasteiger charge is -2.32. The standard InChI is InChI=1S/C25H37N3O4/c1-19(2)16-20-4-6-21(7-5-20)25(31)22-8-10-27(11-9-22)18-23(29)26(3)17-24(30)28-12-14-32-15-13-28/h4-7,19,22H,8-18H2,1-3H3. The molecule has 3 rings (SSSR count). The Morgan fingerprint density at radius 3 is 2.25 bits per heavy atom. The maximum atomic E-state index is 12.9. The molecule has 176 valence electrons. The van der Waals surface area contributed by atoms with E-state index in [-0.39, 0.29) is 36.6 Å². The molecule has 0 aliphatic carbocycles. The summed E-state index contributed by atoms with van der Waals surface area (Å²) < 4.78 is 5.27. The van der Waals surface area contributed by atoms with Gasteiger partial charge in [0, 0.05) is 31.6 Å². The normalized spacial score (nSPS) is 18.1. The Bertz CT molecular complexity index is 779. The van der Waals surface area contributed by atoms with Gasteiger partial charge < -0.3 is 14.5 Å².